The molecule has 1 aliphatic rings. The minimum absolute atomic E-state index is 0. The van der Waals surface area contributed by atoms with Gasteiger partial charge < -0.3 is 15.5 Å². The lowest BCUT2D eigenvalue weighted by atomic mass is 9.74. The van der Waals surface area contributed by atoms with E-state index >= 15 is 0 Å². The summed E-state index contributed by atoms with van der Waals surface area (Å²) < 4.78 is 0. The van der Waals surface area contributed by atoms with E-state index in [4.69, 9.17) is 12.2 Å². The van der Waals surface area contributed by atoms with Crippen LogP contribution < -0.4 is 10.6 Å². The van der Waals surface area contributed by atoms with Gasteiger partial charge in [0.25, 0.3) is 0 Å². The fraction of sp³-hybridized carbons (Fsp3) is 0.400. The second-order valence-electron chi connectivity index (χ2n) is 5.42. The van der Waals surface area contributed by atoms with Gasteiger partial charge in [-0.25, -0.2) is 0 Å². The number of rotatable bonds is 5. The van der Waals surface area contributed by atoms with E-state index in [0.717, 1.165) is 13.0 Å². The first-order chi connectivity index (χ1) is 9.96. The largest absolute Gasteiger partial charge is 0.309 e. The SMILES string of the molecule is CN(C)CCCC1(c2ccccc2)C(=O)NC(=S)NC1=O.Cl. The predicted molar refractivity (Wildman–Crippen MR) is 92.0 cm³/mol. The summed E-state index contributed by atoms with van der Waals surface area (Å²) in [5, 5.41) is 5.24. The molecule has 0 saturated carbocycles. The molecule has 1 heterocycles. The third-order valence-electron chi connectivity index (χ3n) is 3.65. The summed E-state index contributed by atoms with van der Waals surface area (Å²) in [6, 6.07) is 9.14. The Hall–Kier alpha value is -1.50. The van der Waals surface area contributed by atoms with Crippen molar-refractivity contribution in [1.29, 1.82) is 0 Å². The van der Waals surface area contributed by atoms with Gasteiger partial charge in [0, 0.05) is 0 Å². The Labute approximate surface area is 141 Å². The van der Waals surface area contributed by atoms with Crippen LogP contribution in [0.3, 0.4) is 0 Å². The molecule has 0 unspecified atom stereocenters. The first-order valence-electron chi connectivity index (χ1n) is 6.84. The van der Waals surface area contributed by atoms with Crippen molar-refractivity contribution in [2.24, 2.45) is 0 Å². The highest BCUT2D eigenvalue weighted by molar-refractivity contribution is 7.80. The number of hydrogen-bond acceptors (Lipinski definition) is 4. The van der Waals surface area contributed by atoms with Crippen LogP contribution in [-0.4, -0.2) is 42.5 Å². The van der Waals surface area contributed by atoms with Crippen molar-refractivity contribution >= 4 is 41.6 Å². The van der Waals surface area contributed by atoms with Gasteiger partial charge in [0.15, 0.2) is 10.5 Å². The van der Waals surface area contributed by atoms with E-state index in [1.54, 1.807) is 0 Å². The van der Waals surface area contributed by atoms with Crippen molar-refractivity contribution in [2.45, 2.75) is 18.3 Å². The van der Waals surface area contributed by atoms with E-state index in [-0.39, 0.29) is 29.3 Å². The molecule has 1 fully saturated rings. The van der Waals surface area contributed by atoms with Crippen LogP contribution in [0, 0.1) is 0 Å². The predicted octanol–water partition coefficient (Wildman–Crippen LogP) is 1.22. The standard InChI is InChI=1S/C15H19N3O2S.ClH/c1-18(2)10-6-9-15(11-7-4-3-5-8-11)12(19)16-14(21)17-13(15)20;/h3-5,7-8H,6,9-10H2,1-2H3,(H2,16,17,19,20,21);1H. The number of carbonyl (C=O) groups is 2. The first kappa shape index (κ1) is 18.5. The number of thiocarbonyl (C=S) groups is 1. The third kappa shape index (κ3) is 3.63. The lowest BCUT2D eigenvalue weighted by Gasteiger charge is -2.35. The highest BCUT2D eigenvalue weighted by Gasteiger charge is 2.50. The maximum Gasteiger partial charge on any atom is 0.246 e. The van der Waals surface area contributed by atoms with Gasteiger partial charge in [-0.3, -0.25) is 9.59 Å². The summed E-state index contributed by atoms with van der Waals surface area (Å²) in [4.78, 5) is 27.1. The summed E-state index contributed by atoms with van der Waals surface area (Å²) in [6.07, 6.45) is 1.17. The van der Waals surface area contributed by atoms with Gasteiger partial charge in [-0.15, -0.1) is 12.4 Å². The highest BCUT2D eigenvalue weighted by Crippen LogP contribution is 2.32. The normalized spacial score (nSPS) is 16.8. The molecule has 0 spiro atoms. The zero-order valence-corrected chi connectivity index (χ0v) is 14.2. The van der Waals surface area contributed by atoms with Crippen molar-refractivity contribution in [1.82, 2.24) is 15.5 Å². The zero-order chi connectivity index (χ0) is 15.5. The molecule has 2 amide bonds. The Morgan fingerprint density at radius 1 is 1.09 bits per heavy atom. The maximum absolute atomic E-state index is 12.5. The number of halogens is 1. The molecule has 0 aromatic heterocycles. The van der Waals surface area contributed by atoms with Gasteiger partial charge >= 0.3 is 0 Å². The Kier molecular flexibility index (Phi) is 6.47. The van der Waals surface area contributed by atoms with Crippen LogP contribution in [0.2, 0.25) is 0 Å². The molecule has 1 aromatic rings. The minimum atomic E-state index is -1.21. The Morgan fingerprint density at radius 3 is 2.14 bits per heavy atom. The fourth-order valence-electron chi connectivity index (χ4n) is 2.57. The monoisotopic (exact) mass is 341 g/mol. The molecule has 0 atom stereocenters. The molecule has 0 aliphatic carbocycles. The van der Waals surface area contributed by atoms with Crippen LogP contribution in [0.1, 0.15) is 18.4 Å². The molecule has 22 heavy (non-hydrogen) atoms. The Morgan fingerprint density at radius 2 is 1.64 bits per heavy atom. The van der Waals surface area contributed by atoms with E-state index in [9.17, 15) is 9.59 Å². The molecule has 120 valence electrons. The average molecular weight is 342 g/mol. The molecule has 2 rings (SSSR count). The summed E-state index contributed by atoms with van der Waals surface area (Å²) in [5.74, 6) is -0.692. The number of benzene rings is 1. The quantitative estimate of drug-likeness (QED) is 0.624. The van der Waals surface area contributed by atoms with Crippen LogP contribution in [0.4, 0.5) is 0 Å². The number of carbonyl (C=O) groups excluding carboxylic acids is 2. The van der Waals surface area contributed by atoms with Gasteiger partial charge in [-0.2, -0.15) is 0 Å². The molecule has 0 radical (unpaired) electrons. The first-order valence-corrected chi connectivity index (χ1v) is 7.25. The van der Waals surface area contributed by atoms with Crippen molar-refractivity contribution in [2.75, 3.05) is 20.6 Å². The minimum Gasteiger partial charge on any atom is -0.309 e. The molecule has 1 aliphatic heterocycles. The lowest BCUT2D eigenvalue weighted by Crippen LogP contribution is -2.64. The van der Waals surface area contributed by atoms with Crippen LogP contribution in [-0.2, 0) is 15.0 Å². The highest BCUT2D eigenvalue weighted by atomic mass is 35.5. The molecule has 1 aromatic carbocycles. The van der Waals surface area contributed by atoms with E-state index in [0.29, 0.717) is 12.0 Å². The summed E-state index contributed by atoms with van der Waals surface area (Å²) >= 11 is 4.89. The van der Waals surface area contributed by atoms with E-state index in [1.165, 1.54) is 0 Å². The fourth-order valence-corrected chi connectivity index (χ4v) is 2.76. The number of hydrogen-bond donors (Lipinski definition) is 2. The van der Waals surface area contributed by atoms with Crippen molar-refractivity contribution in [3.8, 4) is 0 Å². The number of amides is 2. The number of nitrogens with zero attached hydrogens (tertiary/aromatic N) is 1. The molecular formula is C15H20ClN3O2S. The van der Waals surface area contributed by atoms with Crippen LogP contribution >= 0.6 is 24.6 Å². The van der Waals surface area contributed by atoms with Gasteiger partial charge in [0.1, 0.15) is 0 Å². The van der Waals surface area contributed by atoms with Gasteiger partial charge in [-0.1, -0.05) is 30.3 Å². The van der Waals surface area contributed by atoms with Crippen LogP contribution in [0.15, 0.2) is 30.3 Å². The number of nitrogens with one attached hydrogen (secondary N) is 2. The van der Waals surface area contributed by atoms with Crippen molar-refractivity contribution in [3.63, 3.8) is 0 Å². The zero-order valence-electron chi connectivity index (χ0n) is 12.6. The van der Waals surface area contributed by atoms with E-state index < -0.39 is 5.41 Å². The van der Waals surface area contributed by atoms with Gasteiger partial charge in [0.05, 0.1) is 0 Å². The topological polar surface area (TPSA) is 61.4 Å². The summed E-state index contributed by atoms with van der Waals surface area (Å²) in [5.41, 5.74) is -0.513. The molecule has 5 nitrogen and oxygen atoms in total. The summed E-state index contributed by atoms with van der Waals surface area (Å²) in [7, 11) is 3.93. The van der Waals surface area contributed by atoms with Crippen molar-refractivity contribution < 1.29 is 9.59 Å². The molecule has 7 heteroatoms. The second-order valence-corrected chi connectivity index (χ2v) is 5.82. The summed E-state index contributed by atoms with van der Waals surface area (Å²) in [6.45, 7) is 0.805. The Bertz CT molecular complexity index is 543. The maximum atomic E-state index is 12.5. The molecule has 0 bridgehead atoms. The molecule has 1 saturated heterocycles. The third-order valence-corrected chi connectivity index (χ3v) is 3.86. The molecule has 2 N–H and O–H groups in total. The molecular weight excluding hydrogens is 322 g/mol. The average Bonchev–Trinajstić information content (AvgIpc) is 2.42. The van der Waals surface area contributed by atoms with Gasteiger partial charge in [0.2, 0.25) is 11.8 Å². The van der Waals surface area contributed by atoms with Crippen LogP contribution in [0.5, 0.6) is 0 Å². The Balaban J connectivity index is 0.00000242. The smallest absolute Gasteiger partial charge is 0.246 e. The van der Waals surface area contributed by atoms with E-state index in [2.05, 4.69) is 10.6 Å². The second kappa shape index (κ2) is 7.67. The van der Waals surface area contributed by atoms with Crippen LogP contribution in [0.25, 0.3) is 0 Å². The van der Waals surface area contributed by atoms with Gasteiger partial charge in [-0.05, 0) is 51.3 Å². The lowest BCUT2D eigenvalue weighted by molar-refractivity contribution is -0.138. The van der Waals surface area contributed by atoms with Crippen molar-refractivity contribution in [3.05, 3.63) is 35.9 Å². The van der Waals surface area contributed by atoms with E-state index in [1.807, 2.05) is 49.3 Å².